The SMILES string of the molecule is Nc1ccc(C#Cc2cnn3c(C(F)(F)F)cc(-c4ccc(C(F)(F)F)cc4)cc23)cn1. The molecule has 0 aliphatic carbocycles. The molecule has 4 rings (SSSR count). The molecule has 162 valence electrons. The molecule has 10 heteroatoms. The topological polar surface area (TPSA) is 56.2 Å². The van der Waals surface area contributed by atoms with Gasteiger partial charge in [-0.25, -0.2) is 9.50 Å². The number of hydrogen-bond acceptors (Lipinski definition) is 3. The molecule has 32 heavy (non-hydrogen) atoms. The van der Waals surface area contributed by atoms with Crippen LogP contribution in [0.2, 0.25) is 0 Å². The molecule has 0 saturated carbocycles. The van der Waals surface area contributed by atoms with Gasteiger partial charge < -0.3 is 5.73 Å². The molecule has 0 atom stereocenters. The highest BCUT2D eigenvalue weighted by Gasteiger charge is 2.35. The van der Waals surface area contributed by atoms with Crippen molar-refractivity contribution in [2.24, 2.45) is 0 Å². The fourth-order valence-corrected chi connectivity index (χ4v) is 3.02. The van der Waals surface area contributed by atoms with E-state index in [0.29, 0.717) is 15.9 Å². The molecule has 0 bridgehead atoms. The quantitative estimate of drug-likeness (QED) is 0.314. The smallest absolute Gasteiger partial charge is 0.384 e. The Balaban J connectivity index is 1.85. The predicted molar refractivity (Wildman–Crippen MR) is 105 cm³/mol. The number of halogens is 6. The lowest BCUT2D eigenvalue weighted by atomic mass is 10.0. The summed E-state index contributed by atoms with van der Waals surface area (Å²) < 4.78 is 80.2. The maximum atomic E-state index is 13.7. The van der Waals surface area contributed by atoms with Crippen LogP contribution in [-0.2, 0) is 12.4 Å². The van der Waals surface area contributed by atoms with Gasteiger partial charge in [0.25, 0.3) is 0 Å². The second kappa shape index (κ2) is 7.60. The minimum absolute atomic E-state index is 0.0608. The summed E-state index contributed by atoms with van der Waals surface area (Å²) in [6, 6.07) is 9.25. The number of nitrogens with zero attached hydrogens (tertiary/aromatic N) is 3. The molecular formula is C22H12F6N4. The molecule has 4 nitrogen and oxygen atoms in total. The normalized spacial score (nSPS) is 11.9. The minimum atomic E-state index is -4.75. The molecule has 0 fully saturated rings. The van der Waals surface area contributed by atoms with Crippen molar-refractivity contribution in [2.45, 2.75) is 12.4 Å². The van der Waals surface area contributed by atoms with Gasteiger partial charge in [0, 0.05) is 11.8 Å². The largest absolute Gasteiger partial charge is 0.433 e. The lowest BCUT2D eigenvalue weighted by Gasteiger charge is -2.13. The number of hydrogen-bond donors (Lipinski definition) is 1. The van der Waals surface area contributed by atoms with E-state index in [1.807, 2.05) is 0 Å². The fourth-order valence-electron chi connectivity index (χ4n) is 3.02. The zero-order valence-corrected chi connectivity index (χ0v) is 16.0. The number of rotatable bonds is 1. The zero-order chi connectivity index (χ0) is 23.1. The molecular weight excluding hydrogens is 434 g/mol. The van der Waals surface area contributed by atoms with E-state index in [1.54, 1.807) is 6.07 Å². The Bertz CT molecular complexity index is 1340. The van der Waals surface area contributed by atoms with Crippen LogP contribution in [0.15, 0.2) is 60.9 Å². The van der Waals surface area contributed by atoms with Gasteiger partial charge in [-0.2, -0.15) is 31.4 Å². The first-order chi connectivity index (χ1) is 15.0. The molecule has 0 radical (unpaired) electrons. The lowest BCUT2D eigenvalue weighted by Crippen LogP contribution is -2.12. The summed E-state index contributed by atoms with van der Waals surface area (Å²) in [6.45, 7) is 0. The van der Waals surface area contributed by atoms with Crippen LogP contribution in [-0.4, -0.2) is 14.6 Å². The summed E-state index contributed by atoms with van der Waals surface area (Å²) in [6.07, 6.45) is -6.69. The number of nitrogens with two attached hydrogens (primary N) is 1. The van der Waals surface area contributed by atoms with E-state index < -0.39 is 23.6 Å². The highest BCUT2D eigenvalue weighted by Crippen LogP contribution is 2.35. The van der Waals surface area contributed by atoms with E-state index in [4.69, 9.17) is 5.73 Å². The van der Waals surface area contributed by atoms with Gasteiger partial charge in [0.2, 0.25) is 0 Å². The lowest BCUT2D eigenvalue weighted by molar-refractivity contribution is -0.142. The van der Waals surface area contributed by atoms with Crippen molar-refractivity contribution < 1.29 is 26.3 Å². The number of aromatic nitrogens is 3. The summed E-state index contributed by atoms with van der Waals surface area (Å²) in [7, 11) is 0. The van der Waals surface area contributed by atoms with E-state index >= 15 is 0 Å². The van der Waals surface area contributed by atoms with Crippen LogP contribution in [0.25, 0.3) is 16.6 Å². The van der Waals surface area contributed by atoms with Crippen molar-refractivity contribution in [3.05, 3.63) is 83.3 Å². The van der Waals surface area contributed by atoms with Gasteiger partial charge in [-0.3, -0.25) is 0 Å². The van der Waals surface area contributed by atoms with E-state index in [0.717, 1.165) is 30.3 Å². The third-order valence-electron chi connectivity index (χ3n) is 4.58. The van der Waals surface area contributed by atoms with Gasteiger partial charge in [-0.15, -0.1) is 0 Å². The van der Waals surface area contributed by atoms with E-state index in [-0.39, 0.29) is 22.2 Å². The Kier molecular flexibility index (Phi) is 5.05. The van der Waals surface area contributed by atoms with Crippen LogP contribution in [0.5, 0.6) is 0 Å². The Morgan fingerprint density at radius 3 is 2.09 bits per heavy atom. The first-order valence-corrected chi connectivity index (χ1v) is 9.02. The molecule has 2 N–H and O–H groups in total. The Labute approximate surface area is 177 Å². The maximum absolute atomic E-state index is 13.7. The number of alkyl halides is 6. The van der Waals surface area contributed by atoms with Gasteiger partial charge in [-0.1, -0.05) is 24.0 Å². The summed E-state index contributed by atoms with van der Waals surface area (Å²) in [5, 5.41) is 3.80. The number of nitrogen functional groups attached to an aromatic ring is 1. The molecule has 3 aromatic heterocycles. The van der Waals surface area contributed by atoms with Crippen LogP contribution < -0.4 is 5.73 Å². The molecule has 3 heterocycles. The number of fused-ring (bicyclic) bond motifs is 1. The van der Waals surface area contributed by atoms with Crippen LogP contribution in [0.3, 0.4) is 0 Å². The van der Waals surface area contributed by atoms with Crippen molar-refractivity contribution in [1.82, 2.24) is 14.6 Å². The molecule has 0 saturated heterocycles. The molecule has 1 aromatic carbocycles. The van der Waals surface area contributed by atoms with Crippen molar-refractivity contribution in [1.29, 1.82) is 0 Å². The molecule has 0 amide bonds. The summed E-state index contributed by atoms with van der Waals surface area (Å²) in [4.78, 5) is 3.89. The number of anilines is 1. The first kappa shape index (κ1) is 21.2. The van der Waals surface area contributed by atoms with Crippen molar-refractivity contribution in [3.63, 3.8) is 0 Å². The van der Waals surface area contributed by atoms with Gasteiger partial charge in [0.15, 0.2) is 0 Å². The van der Waals surface area contributed by atoms with Crippen molar-refractivity contribution in [3.8, 4) is 23.0 Å². The van der Waals surface area contributed by atoms with E-state index in [2.05, 4.69) is 21.9 Å². The average Bonchev–Trinajstić information content (AvgIpc) is 3.14. The Morgan fingerprint density at radius 2 is 1.50 bits per heavy atom. The van der Waals surface area contributed by atoms with Crippen molar-refractivity contribution >= 4 is 11.3 Å². The van der Waals surface area contributed by atoms with Gasteiger partial charge in [-0.05, 0) is 47.5 Å². The van der Waals surface area contributed by atoms with Crippen LogP contribution in [0.1, 0.15) is 22.4 Å². The standard InChI is InChI=1S/C22H12F6N4/c23-21(24,25)17-6-4-14(5-7-17)16-9-18-15(3-1-13-2-8-20(29)30-11-13)12-31-32(18)19(10-16)22(26,27)28/h2,4-12H,(H2,29,30). The van der Waals surface area contributed by atoms with E-state index in [1.165, 1.54) is 24.5 Å². The van der Waals surface area contributed by atoms with Crippen molar-refractivity contribution in [2.75, 3.05) is 5.73 Å². The highest BCUT2D eigenvalue weighted by molar-refractivity contribution is 5.74. The third-order valence-corrected chi connectivity index (χ3v) is 4.58. The van der Waals surface area contributed by atoms with Gasteiger partial charge >= 0.3 is 12.4 Å². The minimum Gasteiger partial charge on any atom is -0.384 e. The predicted octanol–water partition coefficient (Wildman–Crippen LogP) is 5.42. The number of benzene rings is 1. The summed E-state index contributed by atoms with van der Waals surface area (Å²) in [5.74, 6) is 5.83. The number of pyridine rings is 2. The molecule has 0 aliphatic heterocycles. The van der Waals surface area contributed by atoms with E-state index in [9.17, 15) is 26.3 Å². The molecule has 0 unspecified atom stereocenters. The van der Waals surface area contributed by atoms with Crippen LogP contribution in [0, 0.1) is 11.8 Å². The monoisotopic (exact) mass is 446 g/mol. The zero-order valence-electron chi connectivity index (χ0n) is 16.0. The Morgan fingerprint density at radius 1 is 0.781 bits per heavy atom. The second-order valence-electron chi connectivity index (χ2n) is 6.78. The van der Waals surface area contributed by atoms with Gasteiger partial charge in [0.05, 0.1) is 22.8 Å². The summed E-state index contributed by atoms with van der Waals surface area (Å²) >= 11 is 0. The molecule has 0 aliphatic rings. The van der Waals surface area contributed by atoms with Gasteiger partial charge in [0.1, 0.15) is 11.5 Å². The van der Waals surface area contributed by atoms with Crippen LogP contribution in [0.4, 0.5) is 32.2 Å². The average molecular weight is 446 g/mol. The molecule has 0 spiro atoms. The molecule has 4 aromatic rings. The Hall–Kier alpha value is -4.00. The maximum Gasteiger partial charge on any atom is 0.433 e. The fraction of sp³-hybridized carbons (Fsp3) is 0.0909. The third kappa shape index (κ3) is 4.23. The summed E-state index contributed by atoms with van der Waals surface area (Å²) in [5.41, 5.74) is 4.57. The first-order valence-electron chi connectivity index (χ1n) is 9.02. The highest BCUT2D eigenvalue weighted by atomic mass is 19.4. The van der Waals surface area contributed by atoms with Crippen LogP contribution >= 0.6 is 0 Å². The second-order valence-corrected chi connectivity index (χ2v) is 6.78.